The van der Waals surface area contributed by atoms with Crippen LogP contribution in [0.5, 0.6) is 0 Å². The Balaban J connectivity index is 2.37. The molecule has 0 fully saturated rings. The number of hydrogen-bond acceptors (Lipinski definition) is 3. The molecule has 3 heteroatoms. The van der Waals surface area contributed by atoms with Crippen LogP contribution in [0.15, 0.2) is 12.3 Å². The number of rotatable bonds is 6. The van der Waals surface area contributed by atoms with E-state index >= 15 is 0 Å². The van der Waals surface area contributed by atoms with Crippen molar-refractivity contribution in [1.82, 2.24) is 4.98 Å². The highest BCUT2D eigenvalue weighted by Crippen LogP contribution is 2.13. The van der Waals surface area contributed by atoms with Crippen LogP contribution in [0.4, 0.5) is 5.82 Å². The van der Waals surface area contributed by atoms with Crippen molar-refractivity contribution in [2.24, 2.45) is 0 Å². The molecule has 0 aliphatic carbocycles. The van der Waals surface area contributed by atoms with E-state index in [0.29, 0.717) is 5.82 Å². The van der Waals surface area contributed by atoms with E-state index in [9.17, 15) is 0 Å². The Hall–Kier alpha value is -1.09. The van der Waals surface area contributed by atoms with Gasteiger partial charge in [-0.25, -0.2) is 4.98 Å². The van der Waals surface area contributed by atoms with Crippen LogP contribution in [0.1, 0.15) is 30.9 Å². The van der Waals surface area contributed by atoms with Gasteiger partial charge >= 0.3 is 0 Å². The molecule has 0 spiro atoms. The summed E-state index contributed by atoms with van der Waals surface area (Å²) in [5, 5.41) is 0. The molecule has 0 aliphatic rings. The normalized spacial score (nSPS) is 10.5. The quantitative estimate of drug-likeness (QED) is 0.730. The van der Waals surface area contributed by atoms with E-state index in [1.54, 1.807) is 6.20 Å². The summed E-state index contributed by atoms with van der Waals surface area (Å²) < 4.78 is 5.50. The Bertz CT molecular complexity index is 279. The first kappa shape index (κ1) is 12.0. The van der Waals surface area contributed by atoms with Crippen molar-refractivity contribution in [3.8, 4) is 0 Å². The zero-order valence-corrected chi connectivity index (χ0v) is 9.62. The molecule has 0 bridgehead atoms. The third-order valence-electron chi connectivity index (χ3n) is 2.46. The number of nitrogen functional groups attached to an aromatic ring is 1. The summed E-state index contributed by atoms with van der Waals surface area (Å²) in [6.45, 7) is 5.79. The Morgan fingerprint density at radius 2 is 2.20 bits per heavy atom. The number of anilines is 1. The SMILES string of the molecule is CCCCOCCc1c(C)ccnc1N. The molecule has 0 saturated heterocycles. The highest BCUT2D eigenvalue weighted by atomic mass is 16.5. The zero-order valence-electron chi connectivity index (χ0n) is 9.62. The van der Waals surface area contributed by atoms with Gasteiger partial charge in [-0.3, -0.25) is 0 Å². The zero-order chi connectivity index (χ0) is 11.1. The largest absolute Gasteiger partial charge is 0.383 e. The van der Waals surface area contributed by atoms with Crippen molar-refractivity contribution in [3.05, 3.63) is 23.4 Å². The average molecular weight is 208 g/mol. The van der Waals surface area contributed by atoms with Gasteiger partial charge < -0.3 is 10.5 Å². The standard InChI is InChI=1S/C12H20N2O/c1-3-4-8-15-9-6-11-10(2)5-7-14-12(11)13/h5,7H,3-4,6,8-9H2,1-2H3,(H2,13,14). The van der Waals surface area contributed by atoms with E-state index in [0.717, 1.165) is 31.6 Å². The summed E-state index contributed by atoms with van der Waals surface area (Å²) in [5.74, 6) is 0.633. The summed E-state index contributed by atoms with van der Waals surface area (Å²) in [6.07, 6.45) is 4.90. The van der Waals surface area contributed by atoms with E-state index in [-0.39, 0.29) is 0 Å². The van der Waals surface area contributed by atoms with Gasteiger partial charge in [-0.05, 0) is 37.0 Å². The molecule has 1 rings (SSSR count). The molecule has 0 aromatic carbocycles. The molecule has 2 N–H and O–H groups in total. The van der Waals surface area contributed by atoms with Crippen molar-refractivity contribution >= 4 is 5.82 Å². The average Bonchev–Trinajstić information content (AvgIpc) is 2.21. The fourth-order valence-electron chi connectivity index (χ4n) is 1.46. The molecule has 1 aromatic heterocycles. The van der Waals surface area contributed by atoms with Crippen LogP contribution in [-0.4, -0.2) is 18.2 Å². The number of nitrogens with two attached hydrogens (primary N) is 1. The second-order valence-electron chi connectivity index (χ2n) is 3.71. The predicted molar refractivity (Wildman–Crippen MR) is 62.8 cm³/mol. The number of aryl methyl sites for hydroxylation is 1. The summed E-state index contributed by atoms with van der Waals surface area (Å²) in [6, 6.07) is 1.98. The Kier molecular flexibility index (Phi) is 5.12. The first-order valence-corrected chi connectivity index (χ1v) is 5.53. The molecule has 0 atom stereocenters. The van der Waals surface area contributed by atoms with Crippen LogP contribution in [0.2, 0.25) is 0 Å². The molecule has 0 unspecified atom stereocenters. The lowest BCUT2D eigenvalue weighted by atomic mass is 10.1. The van der Waals surface area contributed by atoms with Crippen molar-refractivity contribution in [2.45, 2.75) is 33.1 Å². The van der Waals surface area contributed by atoms with Crippen LogP contribution >= 0.6 is 0 Å². The van der Waals surface area contributed by atoms with E-state index < -0.39 is 0 Å². The van der Waals surface area contributed by atoms with Crippen LogP contribution in [0.25, 0.3) is 0 Å². The van der Waals surface area contributed by atoms with Crippen molar-refractivity contribution in [1.29, 1.82) is 0 Å². The molecule has 84 valence electrons. The third kappa shape index (κ3) is 3.88. The van der Waals surface area contributed by atoms with Gasteiger partial charge in [0, 0.05) is 12.8 Å². The van der Waals surface area contributed by atoms with Crippen molar-refractivity contribution < 1.29 is 4.74 Å². The summed E-state index contributed by atoms with van der Waals surface area (Å²) in [7, 11) is 0. The first-order chi connectivity index (χ1) is 7.25. The number of ether oxygens (including phenoxy) is 1. The Morgan fingerprint density at radius 1 is 1.40 bits per heavy atom. The summed E-state index contributed by atoms with van der Waals surface area (Å²) in [5.41, 5.74) is 8.11. The van der Waals surface area contributed by atoms with Gasteiger partial charge in [0.1, 0.15) is 5.82 Å². The van der Waals surface area contributed by atoms with Crippen molar-refractivity contribution in [2.75, 3.05) is 18.9 Å². The third-order valence-corrected chi connectivity index (χ3v) is 2.46. The van der Waals surface area contributed by atoms with Gasteiger partial charge in [0.15, 0.2) is 0 Å². The number of aromatic nitrogens is 1. The molecule has 0 radical (unpaired) electrons. The second-order valence-corrected chi connectivity index (χ2v) is 3.71. The molecule has 15 heavy (non-hydrogen) atoms. The second kappa shape index (κ2) is 6.40. The monoisotopic (exact) mass is 208 g/mol. The van der Waals surface area contributed by atoms with Gasteiger partial charge in [0.2, 0.25) is 0 Å². The number of pyridine rings is 1. The number of nitrogens with zero attached hydrogens (tertiary/aromatic N) is 1. The van der Waals surface area contributed by atoms with E-state index in [2.05, 4.69) is 18.8 Å². The first-order valence-electron chi connectivity index (χ1n) is 5.53. The molecular weight excluding hydrogens is 188 g/mol. The highest BCUT2D eigenvalue weighted by molar-refractivity contribution is 5.43. The van der Waals surface area contributed by atoms with Crippen LogP contribution in [0, 0.1) is 6.92 Å². The smallest absolute Gasteiger partial charge is 0.126 e. The van der Waals surface area contributed by atoms with Gasteiger partial charge in [0.05, 0.1) is 6.61 Å². The van der Waals surface area contributed by atoms with E-state index in [4.69, 9.17) is 10.5 Å². The minimum atomic E-state index is 0.633. The molecule has 0 aliphatic heterocycles. The minimum Gasteiger partial charge on any atom is -0.383 e. The lowest BCUT2D eigenvalue weighted by Crippen LogP contribution is -2.05. The fourth-order valence-corrected chi connectivity index (χ4v) is 1.46. The maximum absolute atomic E-state index is 5.80. The van der Waals surface area contributed by atoms with Crippen LogP contribution in [-0.2, 0) is 11.2 Å². The van der Waals surface area contributed by atoms with E-state index in [1.807, 2.05) is 6.07 Å². The molecule has 1 aromatic rings. The topological polar surface area (TPSA) is 48.1 Å². The fraction of sp³-hybridized carbons (Fsp3) is 0.583. The Labute approximate surface area is 91.7 Å². The van der Waals surface area contributed by atoms with Gasteiger partial charge in [-0.2, -0.15) is 0 Å². The maximum atomic E-state index is 5.80. The van der Waals surface area contributed by atoms with Crippen LogP contribution < -0.4 is 5.73 Å². The lowest BCUT2D eigenvalue weighted by Gasteiger charge is -2.08. The molecular formula is C12H20N2O. The summed E-state index contributed by atoms with van der Waals surface area (Å²) in [4.78, 5) is 4.08. The number of hydrogen-bond donors (Lipinski definition) is 1. The molecule has 0 saturated carbocycles. The minimum absolute atomic E-state index is 0.633. The molecule has 3 nitrogen and oxygen atoms in total. The predicted octanol–water partition coefficient (Wildman–Crippen LogP) is 2.33. The van der Waals surface area contributed by atoms with Gasteiger partial charge in [0.25, 0.3) is 0 Å². The van der Waals surface area contributed by atoms with Crippen molar-refractivity contribution in [3.63, 3.8) is 0 Å². The molecule has 1 heterocycles. The maximum Gasteiger partial charge on any atom is 0.126 e. The van der Waals surface area contributed by atoms with Gasteiger partial charge in [-0.1, -0.05) is 13.3 Å². The molecule has 0 amide bonds. The van der Waals surface area contributed by atoms with Gasteiger partial charge in [-0.15, -0.1) is 0 Å². The number of unbranched alkanes of at least 4 members (excludes halogenated alkanes) is 1. The highest BCUT2D eigenvalue weighted by Gasteiger charge is 2.03. The summed E-state index contributed by atoms with van der Waals surface area (Å²) >= 11 is 0. The lowest BCUT2D eigenvalue weighted by molar-refractivity contribution is 0.134. The Morgan fingerprint density at radius 3 is 2.87 bits per heavy atom. The van der Waals surface area contributed by atoms with E-state index in [1.165, 1.54) is 12.0 Å². The van der Waals surface area contributed by atoms with Crippen LogP contribution in [0.3, 0.4) is 0 Å².